The van der Waals surface area contributed by atoms with E-state index in [1.165, 1.54) is 24.3 Å². The highest BCUT2D eigenvalue weighted by atomic mass is 32.2. The van der Waals surface area contributed by atoms with Gasteiger partial charge in [0.1, 0.15) is 5.75 Å². The van der Waals surface area contributed by atoms with Crippen LogP contribution in [0.4, 0.5) is 13.2 Å². The van der Waals surface area contributed by atoms with Crippen molar-refractivity contribution in [1.29, 1.82) is 5.26 Å². The van der Waals surface area contributed by atoms with Crippen molar-refractivity contribution in [3.63, 3.8) is 0 Å². The highest BCUT2D eigenvalue weighted by Gasteiger charge is 2.31. The monoisotopic (exact) mass is 470 g/mol. The Kier molecular flexibility index (Phi) is 8.16. The van der Waals surface area contributed by atoms with Gasteiger partial charge < -0.3 is 4.74 Å². The number of halogens is 3. The number of hydrazine groups is 1. The van der Waals surface area contributed by atoms with Crippen LogP contribution in [-0.4, -0.2) is 33.4 Å². The minimum atomic E-state index is -4.70. The van der Waals surface area contributed by atoms with E-state index in [2.05, 4.69) is 5.43 Å². The molecule has 0 aliphatic carbocycles. The van der Waals surface area contributed by atoms with E-state index >= 15 is 0 Å². The van der Waals surface area contributed by atoms with Crippen LogP contribution in [0.25, 0.3) is 0 Å². The molecule has 2 aromatic carbocycles. The number of nitrogens with one attached hydrogen (secondary N) is 3. The van der Waals surface area contributed by atoms with E-state index < -0.39 is 58.0 Å². The van der Waals surface area contributed by atoms with Crippen molar-refractivity contribution < 1.29 is 35.9 Å². The Morgan fingerprint density at radius 2 is 1.69 bits per heavy atom. The van der Waals surface area contributed by atoms with Crippen molar-refractivity contribution in [3.8, 4) is 11.8 Å². The predicted molar refractivity (Wildman–Crippen MR) is 104 cm³/mol. The van der Waals surface area contributed by atoms with E-state index in [9.17, 15) is 31.2 Å². The average Bonchev–Trinajstić information content (AvgIpc) is 2.76. The summed E-state index contributed by atoms with van der Waals surface area (Å²) < 4.78 is 69.6. The third kappa shape index (κ3) is 7.56. The fourth-order valence-corrected chi connectivity index (χ4v) is 3.31. The summed E-state index contributed by atoms with van der Waals surface area (Å²) in [6.07, 6.45) is -5.09. The number of nitriles is 1. The molecule has 9 nitrogen and oxygen atoms in total. The summed E-state index contributed by atoms with van der Waals surface area (Å²) >= 11 is 0. The lowest BCUT2D eigenvalue weighted by molar-refractivity contribution is -0.137. The molecule has 2 amide bonds. The molecule has 0 bridgehead atoms. The molecule has 2 rings (SSSR count). The van der Waals surface area contributed by atoms with E-state index in [1.54, 1.807) is 0 Å². The second kappa shape index (κ2) is 10.6. The van der Waals surface area contributed by atoms with Gasteiger partial charge in [-0.3, -0.25) is 20.4 Å². The van der Waals surface area contributed by atoms with Crippen LogP contribution in [0.2, 0.25) is 0 Å². The Morgan fingerprint density at radius 3 is 2.31 bits per heavy atom. The number of rotatable bonds is 8. The second-order valence-corrected chi connectivity index (χ2v) is 7.96. The summed E-state index contributed by atoms with van der Waals surface area (Å²) in [6.45, 7) is -0.851. The first-order valence-corrected chi connectivity index (χ1v) is 10.4. The largest absolute Gasteiger partial charge is 0.484 e. The third-order valence-corrected chi connectivity index (χ3v) is 5.27. The molecular formula is C19H17F3N4O5S. The van der Waals surface area contributed by atoms with Gasteiger partial charge in [-0.25, -0.2) is 13.1 Å². The third-order valence-electron chi connectivity index (χ3n) is 3.81. The zero-order valence-electron chi connectivity index (χ0n) is 16.3. The molecule has 0 aromatic heterocycles. The SMILES string of the molecule is N#Cc1ccc(OCC(=O)NNC(=O)CCNS(=O)(=O)c2cccc(C(F)(F)F)c2)cc1. The molecule has 0 saturated carbocycles. The fraction of sp³-hybridized carbons (Fsp3) is 0.211. The summed E-state index contributed by atoms with van der Waals surface area (Å²) in [7, 11) is -4.27. The first-order chi connectivity index (χ1) is 15.0. The molecule has 0 saturated heterocycles. The standard InChI is InChI=1S/C19H17F3N4O5S/c20-19(21,22)14-2-1-3-16(10-14)32(29,30)24-9-8-17(27)25-26-18(28)12-31-15-6-4-13(11-23)5-7-15/h1-7,10,24H,8-9,12H2,(H,25,27)(H,26,28). The Bertz CT molecular complexity index is 1110. The van der Waals surface area contributed by atoms with Crippen LogP contribution in [0.1, 0.15) is 17.5 Å². The smallest absolute Gasteiger partial charge is 0.416 e. The zero-order chi connectivity index (χ0) is 23.8. The van der Waals surface area contributed by atoms with E-state index in [4.69, 9.17) is 10.00 Å². The van der Waals surface area contributed by atoms with Crippen LogP contribution < -0.4 is 20.3 Å². The maximum atomic E-state index is 12.7. The number of hydrogen-bond acceptors (Lipinski definition) is 6. The number of ether oxygens (including phenoxy) is 1. The zero-order valence-corrected chi connectivity index (χ0v) is 17.1. The number of alkyl halides is 3. The lowest BCUT2D eigenvalue weighted by Gasteiger charge is -2.11. The summed E-state index contributed by atoms with van der Waals surface area (Å²) in [4.78, 5) is 22.8. The first-order valence-electron chi connectivity index (χ1n) is 8.89. The van der Waals surface area contributed by atoms with Gasteiger partial charge in [-0.2, -0.15) is 18.4 Å². The minimum Gasteiger partial charge on any atom is -0.484 e. The molecule has 13 heteroatoms. The van der Waals surface area contributed by atoms with Crippen molar-refractivity contribution in [3.05, 3.63) is 59.7 Å². The van der Waals surface area contributed by atoms with Gasteiger partial charge in [0.2, 0.25) is 15.9 Å². The average molecular weight is 470 g/mol. The molecule has 3 N–H and O–H groups in total. The number of nitrogens with zero attached hydrogens (tertiary/aromatic N) is 1. The predicted octanol–water partition coefficient (Wildman–Crippen LogP) is 1.47. The van der Waals surface area contributed by atoms with E-state index in [-0.39, 0.29) is 0 Å². The van der Waals surface area contributed by atoms with Crippen LogP contribution in [-0.2, 0) is 25.8 Å². The molecule has 0 unspecified atom stereocenters. The molecule has 0 atom stereocenters. The lowest BCUT2D eigenvalue weighted by atomic mass is 10.2. The second-order valence-electron chi connectivity index (χ2n) is 6.19. The summed E-state index contributed by atoms with van der Waals surface area (Å²) in [5.74, 6) is -1.12. The molecule has 0 aliphatic rings. The molecule has 170 valence electrons. The van der Waals surface area contributed by atoms with Crippen molar-refractivity contribution in [1.82, 2.24) is 15.6 Å². The fourth-order valence-electron chi connectivity index (χ4n) is 2.23. The maximum Gasteiger partial charge on any atom is 0.416 e. The van der Waals surface area contributed by atoms with Crippen LogP contribution in [0.3, 0.4) is 0 Å². The molecule has 0 heterocycles. The quantitative estimate of drug-likeness (QED) is 0.500. The summed E-state index contributed by atoms with van der Waals surface area (Å²) in [5.41, 5.74) is 3.40. The van der Waals surface area contributed by atoms with E-state index in [0.717, 1.165) is 18.2 Å². The van der Waals surface area contributed by atoms with E-state index in [0.29, 0.717) is 17.4 Å². The van der Waals surface area contributed by atoms with Crippen molar-refractivity contribution in [2.24, 2.45) is 0 Å². The Balaban J connectivity index is 1.74. The highest BCUT2D eigenvalue weighted by Crippen LogP contribution is 2.30. The van der Waals surface area contributed by atoms with Crippen molar-refractivity contribution in [2.75, 3.05) is 13.2 Å². The lowest BCUT2D eigenvalue weighted by Crippen LogP contribution is -2.44. The number of sulfonamides is 1. The molecule has 2 aromatic rings. The molecule has 32 heavy (non-hydrogen) atoms. The molecular weight excluding hydrogens is 453 g/mol. The van der Waals surface area contributed by atoms with Gasteiger partial charge >= 0.3 is 6.18 Å². The number of benzene rings is 2. The Hall–Kier alpha value is -3.63. The number of hydrogen-bond donors (Lipinski definition) is 3. The highest BCUT2D eigenvalue weighted by molar-refractivity contribution is 7.89. The number of amides is 2. The van der Waals surface area contributed by atoms with Crippen LogP contribution in [0.15, 0.2) is 53.4 Å². The Morgan fingerprint density at radius 1 is 1.03 bits per heavy atom. The molecule has 0 aliphatic heterocycles. The van der Waals surface area contributed by atoms with Gasteiger partial charge in [-0.1, -0.05) is 6.07 Å². The molecule has 0 spiro atoms. The van der Waals surface area contributed by atoms with Gasteiger partial charge in [-0.15, -0.1) is 0 Å². The molecule has 0 radical (unpaired) electrons. The van der Waals surface area contributed by atoms with Gasteiger partial charge in [0.25, 0.3) is 5.91 Å². The summed E-state index contributed by atoms with van der Waals surface area (Å²) in [6, 6.07) is 11.1. The molecule has 0 fully saturated rings. The first kappa shape index (κ1) is 24.6. The van der Waals surface area contributed by atoms with Gasteiger partial charge in [0, 0.05) is 13.0 Å². The normalized spacial score (nSPS) is 11.3. The number of carbonyl (C=O) groups is 2. The minimum absolute atomic E-state index is 0.328. The van der Waals surface area contributed by atoms with Gasteiger partial charge in [0.05, 0.1) is 22.1 Å². The van der Waals surface area contributed by atoms with Crippen LogP contribution >= 0.6 is 0 Å². The maximum absolute atomic E-state index is 12.7. The van der Waals surface area contributed by atoms with Crippen LogP contribution in [0, 0.1) is 11.3 Å². The van der Waals surface area contributed by atoms with Crippen molar-refractivity contribution >= 4 is 21.8 Å². The van der Waals surface area contributed by atoms with Crippen molar-refractivity contribution in [2.45, 2.75) is 17.5 Å². The van der Waals surface area contributed by atoms with Crippen LogP contribution in [0.5, 0.6) is 5.75 Å². The summed E-state index contributed by atoms with van der Waals surface area (Å²) in [5, 5.41) is 8.70. The van der Waals surface area contributed by atoms with Gasteiger partial charge in [0.15, 0.2) is 6.61 Å². The van der Waals surface area contributed by atoms with Gasteiger partial charge in [-0.05, 0) is 42.5 Å². The number of carbonyl (C=O) groups excluding carboxylic acids is 2. The van der Waals surface area contributed by atoms with E-state index in [1.807, 2.05) is 16.2 Å². The topological polar surface area (TPSA) is 137 Å². The Labute approximate surface area is 181 Å².